The average molecular weight is 357 g/mol. The molecular formula is C24H20FNO. The van der Waals surface area contributed by atoms with Gasteiger partial charge < -0.3 is 5.32 Å². The number of nitrogens with one attached hydrogen (secondary N) is 1. The van der Waals surface area contributed by atoms with Crippen LogP contribution in [0.25, 0.3) is 0 Å². The Bertz CT molecular complexity index is 1010. The van der Waals surface area contributed by atoms with Gasteiger partial charge in [0.25, 0.3) is 0 Å². The molecule has 2 nitrogen and oxygen atoms in total. The van der Waals surface area contributed by atoms with E-state index in [0.717, 1.165) is 6.42 Å². The molecule has 1 atom stereocenters. The lowest BCUT2D eigenvalue weighted by atomic mass is 9.52. The fraction of sp³-hybridized carbons (Fsp3) is 0.208. The van der Waals surface area contributed by atoms with E-state index >= 15 is 0 Å². The lowest BCUT2D eigenvalue weighted by Crippen LogP contribution is -2.47. The van der Waals surface area contributed by atoms with Crippen LogP contribution in [0.15, 0.2) is 72.8 Å². The zero-order valence-corrected chi connectivity index (χ0v) is 15.1. The topological polar surface area (TPSA) is 29.1 Å². The first kappa shape index (κ1) is 16.2. The lowest BCUT2D eigenvalue weighted by Gasteiger charge is -2.50. The number of halogens is 1. The van der Waals surface area contributed by atoms with Crippen molar-refractivity contribution in [1.29, 1.82) is 0 Å². The van der Waals surface area contributed by atoms with Crippen molar-refractivity contribution in [2.45, 2.75) is 25.2 Å². The van der Waals surface area contributed by atoms with Gasteiger partial charge in [-0.3, -0.25) is 4.79 Å². The van der Waals surface area contributed by atoms with E-state index in [2.05, 4.69) is 41.7 Å². The molecule has 0 saturated heterocycles. The Balaban J connectivity index is 1.62. The molecule has 3 aromatic carbocycles. The van der Waals surface area contributed by atoms with Gasteiger partial charge in [0.15, 0.2) is 0 Å². The number of rotatable bonds is 2. The van der Waals surface area contributed by atoms with Crippen molar-refractivity contribution in [3.63, 3.8) is 0 Å². The second-order valence-electron chi connectivity index (χ2n) is 7.80. The van der Waals surface area contributed by atoms with Crippen LogP contribution in [0.3, 0.4) is 0 Å². The molecule has 0 fully saturated rings. The van der Waals surface area contributed by atoms with E-state index in [1.165, 1.54) is 28.3 Å². The molecule has 0 heterocycles. The monoisotopic (exact) mass is 357 g/mol. The summed E-state index contributed by atoms with van der Waals surface area (Å²) in [5.74, 6) is -0.358. The molecule has 6 rings (SSSR count). The van der Waals surface area contributed by atoms with Gasteiger partial charge in [0, 0.05) is 11.8 Å². The largest absolute Gasteiger partial charge is 0.323 e. The Morgan fingerprint density at radius 1 is 0.889 bits per heavy atom. The smallest absolute Gasteiger partial charge is 0.231 e. The first-order valence-electron chi connectivity index (χ1n) is 9.33. The number of para-hydroxylation sites is 1. The normalized spacial score (nSPS) is 24.8. The minimum Gasteiger partial charge on any atom is -0.323 e. The predicted octanol–water partition coefficient (Wildman–Crippen LogP) is 5.45. The molecule has 0 aliphatic heterocycles. The summed E-state index contributed by atoms with van der Waals surface area (Å²) in [5, 5.41) is 2.85. The van der Waals surface area contributed by atoms with Crippen molar-refractivity contribution >= 4 is 11.6 Å². The van der Waals surface area contributed by atoms with Crippen LogP contribution in [0.1, 0.15) is 47.4 Å². The summed E-state index contributed by atoms with van der Waals surface area (Å²) in [7, 11) is 0. The van der Waals surface area contributed by atoms with Gasteiger partial charge in [-0.05, 0) is 47.7 Å². The van der Waals surface area contributed by atoms with Crippen molar-refractivity contribution < 1.29 is 9.18 Å². The molecule has 0 aromatic heterocycles. The minimum absolute atomic E-state index is 0.0262. The van der Waals surface area contributed by atoms with E-state index in [0.29, 0.717) is 0 Å². The van der Waals surface area contributed by atoms with E-state index < -0.39 is 11.2 Å². The van der Waals surface area contributed by atoms with Gasteiger partial charge in [-0.2, -0.15) is 0 Å². The first-order valence-corrected chi connectivity index (χ1v) is 9.33. The summed E-state index contributed by atoms with van der Waals surface area (Å²) in [6.45, 7) is 2.02. The summed E-state index contributed by atoms with van der Waals surface area (Å²) in [6, 6.07) is 23.2. The van der Waals surface area contributed by atoms with Gasteiger partial charge >= 0.3 is 0 Å². The van der Waals surface area contributed by atoms with Crippen LogP contribution in [-0.4, -0.2) is 5.91 Å². The van der Waals surface area contributed by atoms with Crippen LogP contribution in [0.5, 0.6) is 0 Å². The maximum Gasteiger partial charge on any atom is 0.231 e. The maximum absolute atomic E-state index is 14.1. The Kier molecular flexibility index (Phi) is 3.48. The summed E-state index contributed by atoms with van der Waals surface area (Å²) in [5.41, 5.74) is 4.69. The van der Waals surface area contributed by atoms with Gasteiger partial charge in [-0.25, -0.2) is 4.39 Å². The number of carbonyl (C=O) groups is 1. The number of carbonyl (C=O) groups excluding carboxylic acids is 1. The highest BCUT2D eigenvalue weighted by Gasteiger charge is 2.53. The van der Waals surface area contributed by atoms with Crippen LogP contribution in [0.4, 0.5) is 10.1 Å². The van der Waals surface area contributed by atoms with Gasteiger partial charge in [-0.1, -0.05) is 60.7 Å². The average Bonchev–Trinajstić information content (AvgIpc) is 2.70. The molecule has 3 aromatic rings. The molecule has 134 valence electrons. The van der Waals surface area contributed by atoms with Gasteiger partial charge in [-0.15, -0.1) is 0 Å². The summed E-state index contributed by atoms with van der Waals surface area (Å²) < 4.78 is 14.1. The molecule has 3 aliphatic rings. The quantitative estimate of drug-likeness (QED) is 0.649. The first-order chi connectivity index (χ1) is 13.1. The van der Waals surface area contributed by atoms with E-state index in [-0.39, 0.29) is 23.4 Å². The second-order valence-corrected chi connectivity index (χ2v) is 7.80. The third-order valence-corrected chi connectivity index (χ3v) is 6.27. The molecule has 3 aliphatic carbocycles. The van der Waals surface area contributed by atoms with Crippen LogP contribution in [-0.2, 0) is 4.79 Å². The SMILES string of the molecule is C[C@]1(C(=O)Nc2ccccc2F)CC2c3ccccc3C1c1ccccc12. The van der Waals surface area contributed by atoms with Gasteiger partial charge in [0.1, 0.15) is 5.82 Å². The van der Waals surface area contributed by atoms with E-state index in [1.807, 2.05) is 19.1 Å². The number of hydrogen-bond donors (Lipinski definition) is 1. The molecule has 3 heteroatoms. The number of benzene rings is 3. The molecular weight excluding hydrogens is 337 g/mol. The zero-order valence-electron chi connectivity index (χ0n) is 15.1. The van der Waals surface area contributed by atoms with Crippen LogP contribution in [0, 0.1) is 11.2 Å². The lowest BCUT2D eigenvalue weighted by molar-refractivity contribution is -0.126. The summed E-state index contributed by atoms with van der Waals surface area (Å²) >= 11 is 0. The molecule has 0 saturated carbocycles. The predicted molar refractivity (Wildman–Crippen MR) is 104 cm³/mol. The third-order valence-electron chi connectivity index (χ3n) is 6.27. The van der Waals surface area contributed by atoms with Crippen LogP contribution < -0.4 is 5.32 Å². The molecule has 0 unspecified atom stereocenters. The number of anilines is 1. The summed E-state index contributed by atoms with van der Waals surface area (Å²) in [6.07, 6.45) is 0.728. The van der Waals surface area contributed by atoms with Crippen LogP contribution in [0.2, 0.25) is 0 Å². The standard InChI is InChI=1S/C24H20FNO/c1-24(23(27)26-21-13-7-6-12-20(21)25)14-19-15-8-2-4-10-17(15)22(24)18-11-5-3-9-16(18)19/h2-13,19,22H,14H2,1H3,(H,26,27)/t19?,22?,24-/m0/s1. The molecule has 2 bridgehead atoms. The molecule has 1 amide bonds. The highest BCUT2D eigenvalue weighted by molar-refractivity contribution is 5.97. The zero-order chi connectivity index (χ0) is 18.6. The van der Waals surface area contributed by atoms with Crippen molar-refractivity contribution in [2.24, 2.45) is 5.41 Å². The minimum atomic E-state index is -0.629. The van der Waals surface area contributed by atoms with Crippen molar-refractivity contribution in [2.75, 3.05) is 5.32 Å². The number of amides is 1. The molecule has 0 radical (unpaired) electrons. The fourth-order valence-corrected chi connectivity index (χ4v) is 5.02. The van der Waals surface area contributed by atoms with E-state index in [4.69, 9.17) is 0 Å². The molecule has 1 N–H and O–H groups in total. The fourth-order valence-electron chi connectivity index (χ4n) is 5.02. The summed E-state index contributed by atoms with van der Waals surface area (Å²) in [4.78, 5) is 13.4. The Labute approximate surface area is 158 Å². The van der Waals surface area contributed by atoms with Crippen LogP contribution >= 0.6 is 0 Å². The van der Waals surface area contributed by atoms with Gasteiger partial charge in [0.05, 0.1) is 11.1 Å². The maximum atomic E-state index is 14.1. The second kappa shape index (κ2) is 5.78. The number of fused-ring (bicyclic) bond motifs is 1. The third kappa shape index (κ3) is 2.27. The highest BCUT2D eigenvalue weighted by Crippen LogP contribution is 2.61. The van der Waals surface area contributed by atoms with Gasteiger partial charge in [0.2, 0.25) is 5.91 Å². The highest BCUT2D eigenvalue weighted by atomic mass is 19.1. The van der Waals surface area contributed by atoms with Crippen molar-refractivity contribution in [1.82, 2.24) is 0 Å². The molecule has 27 heavy (non-hydrogen) atoms. The Hall–Kier alpha value is -2.94. The van der Waals surface area contributed by atoms with E-state index in [1.54, 1.807) is 18.2 Å². The van der Waals surface area contributed by atoms with Crippen molar-refractivity contribution in [3.8, 4) is 0 Å². The van der Waals surface area contributed by atoms with E-state index in [9.17, 15) is 9.18 Å². The van der Waals surface area contributed by atoms with Crippen molar-refractivity contribution in [3.05, 3.63) is 101 Å². The Morgan fingerprint density at radius 3 is 2.00 bits per heavy atom. The molecule has 0 spiro atoms. The Morgan fingerprint density at radius 2 is 1.41 bits per heavy atom. The number of hydrogen-bond acceptors (Lipinski definition) is 1.